The average Bonchev–Trinajstić information content (AvgIpc) is 2.87. The second kappa shape index (κ2) is 14.5. The van der Waals surface area contributed by atoms with Crippen LogP contribution < -0.4 is 16.0 Å². The molecule has 0 bridgehead atoms. The molecular weight excluding hydrogens is 466 g/mol. The zero-order valence-electron chi connectivity index (χ0n) is 21.7. The number of ether oxygens (including phenoxy) is 1. The number of amides is 3. The lowest BCUT2D eigenvalue weighted by Crippen LogP contribution is -2.52. The Morgan fingerprint density at radius 1 is 1.14 bits per heavy atom. The van der Waals surface area contributed by atoms with Crippen LogP contribution in [0.3, 0.4) is 0 Å². The van der Waals surface area contributed by atoms with Crippen molar-refractivity contribution in [3.05, 3.63) is 35.4 Å². The van der Waals surface area contributed by atoms with Gasteiger partial charge in [0.1, 0.15) is 6.61 Å². The number of nitrogens with one attached hydrogen (secondary N) is 3. The molecule has 3 amide bonds. The first-order valence-corrected chi connectivity index (χ1v) is 13.4. The van der Waals surface area contributed by atoms with Gasteiger partial charge in [-0.1, -0.05) is 44.2 Å². The third kappa shape index (κ3) is 8.13. The molecule has 3 N–H and O–H groups in total. The van der Waals surface area contributed by atoms with E-state index >= 15 is 0 Å². The Labute approximate surface area is 213 Å². The standard InChI is InChI=1S/C27H42F2N4O3/c1-3-31-24(34)18-36-26(22-12-7-13-23(28)25(22)29)20-11-8-14-33(17-20)27(35)32-21(16-30-2)15-19-9-5-4-6-10-19/h7,12-13,19-21,26,30H,3-6,8-11,14-18H2,1-2H3,(H,31,34)(H,32,35)/t20-,21+,26?/m1/s1. The number of carbonyl (C=O) groups is 2. The smallest absolute Gasteiger partial charge is 0.317 e. The molecule has 2 aliphatic rings. The first kappa shape index (κ1) is 28.3. The van der Waals surface area contributed by atoms with Crippen LogP contribution in [0.4, 0.5) is 13.6 Å². The van der Waals surface area contributed by atoms with E-state index in [1.165, 1.54) is 44.2 Å². The number of piperidine rings is 1. The van der Waals surface area contributed by atoms with E-state index in [-0.39, 0.29) is 36.1 Å². The highest BCUT2D eigenvalue weighted by molar-refractivity contribution is 5.77. The lowest BCUT2D eigenvalue weighted by Gasteiger charge is -2.38. The predicted octanol–water partition coefficient (Wildman–Crippen LogP) is 4.14. The first-order chi connectivity index (χ1) is 17.4. The van der Waals surface area contributed by atoms with Crippen molar-refractivity contribution in [1.82, 2.24) is 20.9 Å². The first-order valence-electron chi connectivity index (χ1n) is 13.4. The van der Waals surface area contributed by atoms with E-state index in [0.717, 1.165) is 18.9 Å². The molecule has 1 aromatic rings. The Morgan fingerprint density at radius 2 is 1.92 bits per heavy atom. The molecule has 36 heavy (non-hydrogen) atoms. The van der Waals surface area contributed by atoms with Gasteiger partial charge < -0.3 is 25.6 Å². The average molecular weight is 509 g/mol. The summed E-state index contributed by atoms with van der Waals surface area (Å²) in [6.45, 7) is 3.63. The van der Waals surface area contributed by atoms with Crippen molar-refractivity contribution < 1.29 is 23.1 Å². The fourth-order valence-corrected chi connectivity index (χ4v) is 5.61. The number of carbonyl (C=O) groups excluding carboxylic acids is 2. The lowest BCUT2D eigenvalue weighted by molar-refractivity contribution is -0.129. The maximum Gasteiger partial charge on any atom is 0.317 e. The fourth-order valence-electron chi connectivity index (χ4n) is 5.61. The summed E-state index contributed by atoms with van der Waals surface area (Å²) in [5.41, 5.74) is 0.0805. The number of hydrogen-bond donors (Lipinski definition) is 3. The molecule has 1 aliphatic heterocycles. The summed E-state index contributed by atoms with van der Waals surface area (Å²) in [6, 6.07) is 3.90. The topological polar surface area (TPSA) is 82.7 Å². The van der Waals surface area contributed by atoms with E-state index in [1.807, 2.05) is 7.05 Å². The van der Waals surface area contributed by atoms with E-state index in [1.54, 1.807) is 11.8 Å². The second-order valence-electron chi connectivity index (χ2n) is 10.1. The molecule has 2 fully saturated rings. The Morgan fingerprint density at radius 3 is 2.64 bits per heavy atom. The maximum absolute atomic E-state index is 14.8. The highest BCUT2D eigenvalue weighted by atomic mass is 19.2. The van der Waals surface area contributed by atoms with Crippen LogP contribution in [0.2, 0.25) is 0 Å². The number of likely N-dealkylation sites (N-methyl/N-ethyl adjacent to an activating group) is 2. The van der Waals surface area contributed by atoms with Crippen LogP contribution in [-0.2, 0) is 9.53 Å². The van der Waals surface area contributed by atoms with Gasteiger partial charge in [0.2, 0.25) is 5.91 Å². The molecule has 0 spiro atoms. The van der Waals surface area contributed by atoms with Crippen molar-refractivity contribution in [1.29, 1.82) is 0 Å². The predicted molar refractivity (Wildman–Crippen MR) is 135 cm³/mol. The van der Waals surface area contributed by atoms with E-state index in [2.05, 4.69) is 16.0 Å². The molecule has 1 saturated heterocycles. The van der Waals surface area contributed by atoms with Crippen molar-refractivity contribution in [3.8, 4) is 0 Å². The minimum absolute atomic E-state index is 0.0384. The van der Waals surface area contributed by atoms with Crippen molar-refractivity contribution in [3.63, 3.8) is 0 Å². The Bertz CT molecular complexity index is 850. The van der Waals surface area contributed by atoms with Crippen LogP contribution in [0.1, 0.15) is 70.0 Å². The van der Waals surface area contributed by atoms with Gasteiger partial charge in [-0.25, -0.2) is 13.6 Å². The number of nitrogens with zero attached hydrogens (tertiary/aromatic N) is 1. The van der Waals surface area contributed by atoms with Gasteiger partial charge in [0.05, 0.1) is 6.10 Å². The third-order valence-corrected chi connectivity index (χ3v) is 7.35. The van der Waals surface area contributed by atoms with Gasteiger partial charge >= 0.3 is 6.03 Å². The van der Waals surface area contributed by atoms with E-state index in [9.17, 15) is 18.4 Å². The van der Waals surface area contributed by atoms with Crippen LogP contribution in [0.15, 0.2) is 18.2 Å². The molecule has 1 saturated carbocycles. The van der Waals surface area contributed by atoms with Crippen LogP contribution in [0, 0.1) is 23.5 Å². The molecule has 1 aliphatic carbocycles. The number of rotatable bonds is 11. The van der Waals surface area contributed by atoms with Gasteiger partial charge in [0.25, 0.3) is 0 Å². The fraction of sp³-hybridized carbons (Fsp3) is 0.704. The van der Waals surface area contributed by atoms with Crippen molar-refractivity contribution >= 4 is 11.9 Å². The van der Waals surface area contributed by atoms with Gasteiger partial charge in [-0.05, 0) is 45.2 Å². The summed E-state index contributed by atoms with van der Waals surface area (Å²) < 4.78 is 34.7. The number of benzene rings is 1. The molecule has 1 heterocycles. The Kier molecular flexibility index (Phi) is 11.4. The molecule has 9 heteroatoms. The monoisotopic (exact) mass is 508 g/mol. The van der Waals surface area contributed by atoms with Gasteiger partial charge in [-0.15, -0.1) is 0 Å². The summed E-state index contributed by atoms with van der Waals surface area (Å²) in [5, 5.41) is 9.07. The zero-order chi connectivity index (χ0) is 25.9. The van der Waals surface area contributed by atoms with Crippen LogP contribution >= 0.6 is 0 Å². The SMILES string of the molecule is CCNC(=O)COC(c1cccc(F)c1F)[C@@H]1CCCN(C(=O)N[C@H](CNC)CC2CCCCC2)C1. The number of likely N-dealkylation sites (tertiary alicyclic amines) is 1. The van der Waals surface area contributed by atoms with E-state index in [4.69, 9.17) is 4.74 Å². The second-order valence-corrected chi connectivity index (χ2v) is 10.1. The number of urea groups is 1. The largest absolute Gasteiger partial charge is 0.363 e. The molecule has 3 atom stereocenters. The molecular formula is C27H42F2N4O3. The minimum Gasteiger partial charge on any atom is -0.363 e. The van der Waals surface area contributed by atoms with Gasteiger partial charge in [0, 0.05) is 43.7 Å². The summed E-state index contributed by atoms with van der Waals surface area (Å²) in [4.78, 5) is 27.0. The summed E-state index contributed by atoms with van der Waals surface area (Å²) in [6.07, 6.45) is 7.75. The highest BCUT2D eigenvalue weighted by Gasteiger charge is 2.34. The quantitative estimate of drug-likeness (QED) is 0.420. The maximum atomic E-state index is 14.8. The minimum atomic E-state index is -0.971. The van der Waals surface area contributed by atoms with Crippen LogP contribution in [0.25, 0.3) is 0 Å². The van der Waals surface area contributed by atoms with Gasteiger partial charge in [-0.3, -0.25) is 4.79 Å². The van der Waals surface area contributed by atoms with Crippen LogP contribution in [0.5, 0.6) is 0 Å². The molecule has 202 valence electrons. The highest BCUT2D eigenvalue weighted by Crippen LogP contribution is 2.35. The van der Waals surface area contributed by atoms with Gasteiger partial charge in [-0.2, -0.15) is 0 Å². The Balaban J connectivity index is 1.69. The summed E-state index contributed by atoms with van der Waals surface area (Å²) >= 11 is 0. The van der Waals surface area contributed by atoms with Crippen molar-refractivity contribution in [2.24, 2.45) is 11.8 Å². The van der Waals surface area contributed by atoms with Crippen molar-refractivity contribution in [2.45, 2.75) is 70.4 Å². The Hall–Kier alpha value is -2.26. The normalized spacial score (nSPS) is 20.6. The van der Waals surface area contributed by atoms with E-state index < -0.39 is 17.7 Å². The van der Waals surface area contributed by atoms with Crippen molar-refractivity contribution in [2.75, 3.05) is 39.8 Å². The molecule has 1 unspecified atom stereocenters. The lowest BCUT2D eigenvalue weighted by atomic mass is 9.85. The van der Waals surface area contributed by atoms with Gasteiger partial charge in [0.15, 0.2) is 11.6 Å². The molecule has 7 nitrogen and oxygen atoms in total. The summed E-state index contributed by atoms with van der Waals surface area (Å²) in [5.74, 6) is -1.88. The zero-order valence-corrected chi connectivity index (χ0v) is 21.7. The third-order valence-electron chi connectivity index (χ3n) is 7.35. The molecule has 0 aromatic heterocycles. The molecule has 0 radical (unpaired) electrons. The van der Waals surface area contributed by atoms with Crippen LogP contribution in [-0.4, -0.2) is 62.7 Å². The van der Waals surface area contributed by atoms with E-state index in [0.29, 0.717) is 38.5 Å². The number of halogens is 2. The molecule has 1 aromatic carbocycles. The number of hydrogen-bond acceptors (Lipinski definition) is 4. The summed E-state index contributed by atoms with van der Waals surface area (Å²) in [7, 11) is 1.89. The molecule has 3 rings (SSSR count).